The van der Waals surface area contributed by atoms with Gasteiger partial charge in [-0.05, 0) is 13.8 Å². The van der Waals surface area contributed by atoms with E-state index in [9.17, 15) is 4.79 Å². The van der Waals surface area contributed by atoms with Crippen LogP contribution < -0.4 is 5.32 Å². The first-order chi connectivity index (χ1) is 6.20. The molecule has 1 atom stereocenters. The first-order valence-electron chi connectivity index (χ1n) is 4.46. The van der Waals surface area contributed by atoms with Crippen molar-refractivity contribution in [3.63, 3.8) is 0 Å². The van der Waals surface area contributed by atoms with E-state index in [4.69, 9.17) is 10.00 Å². The summed E-state index contributed by atoms with van der Waals surface area (Å²) in [7, 11) is 0. The van der Waals surface area contributed by atoms with Crippen molar-refractivity contribution < 1.29 is 9.53 Å². The second-order valence-corrected chi connectivity index (χ2v) is 2.79. The molecule has 0 heterocycles. The molecule has 0 amide bonds. The molecule has 0 saturated heterocycles. The highest BCUT2D eigenvalue weighted by Gasteiger charge is 2.01. The third-order valence-electron chi connectivity index (χ3n) is 1.48. The van der Waals surface area contributed by atoms with Crippen LogP contribution in [0.25, 0.3) is 0 Å². The Bertz CT molecular complexity index is 187. The van der Waals surface area contributed by atoms with Crippen LogP contribution in [0, 0.1) is 17.2 Å². The van der Waals surface area contributed by atoms with Crippen LogP contribution in [0.4, 0.5) is 0 Å². The fourth-order valence-corrected chi connectivity index (χ4v) is 0.788. The number of nitrogens with zero attached hydrogens (tertiary/aromatic N) is 1. The van der Waals surface area contributed by atoms with Crippen LogP contribution in [0.2, 0.25) is 0 Å². The molecule has 4 nitrogen and oxygen atoms in total. The van der Waals surface area contributed by atoms with Crippen molar-refractivity contribution in [2.45, 2.75) is 20.3 Å². The van der Waals surface area contributed by atoms with Crippen molar-refractivity contribution in [3.05, 3.63) is 0 Å². The predicted octanol–water partition coefficient (Wildman–Crippen LogP) is 0.689. The monoisotopic (exact) mass is 184 g/mol. The maximum absolute atomic E-state index is 10.8. The summed E-state index contributed by atoms with van der Waals surface area (Å²) in [6, 6.07) is 2.10. The van der Waals surface area contributed by atoms with Gasteiger partial charge in [-0.1, -0.05) is 0 Å². The number of nitrogens with one attached hydrogen (secondary N) is 1. The van der Waals surface area contributed by atoms with E-state index in [0.29, 0.717) is 26.1 Å². The van der Waals surface area contributed by atoms with Gasteiger partial charge in [-0.15, -0.1) is 0 Å². The first-order valence-corrected chi connectivity index (χ1v) is 4.46. The Morgan fingerprint density at radius 1 is 1.69 bits per heavy atom. The molecule has 0 fully saturated rings. The molecule has 0 aliphatic heterocycles. The Balaban J connectivity index is 3.26. The fourth-order valence-electron chi connectivity index (χ4n) is 0.788. The minimum Gasteiger partial charge on any atom is -0.466 e. The summed E-state index contributed by atoms with van der Waals surface area (Å²) in [4.78, 5) is 10.8. The summed E-state index contributed by atoms with van der Waals surface area (Å²) >= 11 is 0. The van der Waals surface area contributed by atoms with Crippen LogP contribution in [0.15, 0.2) is 0 Å². The summed E-state index contributed by atoms with van der Waals surface area (Å²) in [6.45, 7) is 5.23. The van der Waals surface area contributed by atoms with Gasteiger partial charge in [0, 0.05) is 13.1 Å². The maximum atomic E-state index is 10.8. The van der Waals surface area contributed by atoms with Crippen molar-refractivity contribution in [1.82, 2.24) is 5.32 Å². The van der Waals surface area contributed by atoms with Crippen LogP contribution in [0.3, 0.4) is 0 Å². The molecule has 0 aromatic heterocycles. The van der Waals surface area contributed by atoms with E-state index in [1.807, 2.05) is 6.92 Å². The number of nitriles is 1. The molecule has 1 unspecified atom stereocenters. The number of rotatable bonds is 6. The zero-order chi connectivity index (χ0) is 10.1. The topological polar surface area (TPSA) is 62.1 Å². The molecule has 74 valence electrons. The van der Waals surface area contributed by atoms with Gasteiger partial charge in [0.2, 0.25) is 0 Å². The minimum atomic E-state index is -0.195. The smallest absolute Gasteiger partial charge is 0.307 e. The molecule has 0 rings (SSSR count). The summed E-state index contributed by atoms with van der Waals surface area (Å²) in [5.41, 5.74) is 0. The van der Waals surface area contributed by atoms with Crippen molar-refractivity contribution in [2.24, 2.45) is 5.92 Å². The molecule has 0 aliphatic rings. The van der Waals surface area contributed by atoms with Gasteiger partial charge in [-0.2, -0.15) is 5.26 Å². The highest BCUT2D eigenvalue weighted by molar-refractivity contribution is 5.69. The van der Waals surface area contributed by atoms with E-state index in [-0.39, 0.29) is 11.9 Å². The number of esters is 1. The lowest BCUT2D eigenvalue weighted by Crippen LogP contribution is -2.23. The molecule has 0 bridgehead atoms. The minimum absolute atomic E-state index is 0.0119. The largest absolute Gasteiger partial charge is 0.466 e. The lowest BCUT2D eigenvalue weighted by molar-refractivity contribution is -0.142. The van der Waals surface area contributed by atoms with Gasteiger partial charge in [-0.25, -0.2) is 0 Å². The van der Waals surface area contributed by atoms with Crippen molar-refractivity contribution in [1.29, 1.82) is 5.26 Å². The maximum Gasteiger partial charge on any atom is 0.307 e. The molecule has 13 heavy (non-hydrogen) atoms. The quantitative estimate of drug-likeness (QED) is 0.487. The SMILES string of the molecule is CCOC(=O)CCNCC(C)C#N. The van der Waals surface area contributed by atoms with Gasteiger partial charge in [0.1, 0.15) is 0 Å². The van der Waals surface area contributed by atoms with Crippen LogP contribution in [0.5, 0.6) is 0 Å². The van der Waals surface area contributed by atoms with E-state index in [1.54, 1.807) is 6.92 Å². The molecule has 0 aromatic carbocycles. The Kier molecular flexibility index (Phi) is 6.93. The third-order valence-corrected chi connectivity index (χ3v) is 1.48. The van der Waals surface area contributed by atoms with Crippen molar-refractivity contribution in [3.8, 4) is 6.07 Å². The van der Waals surface area contributed by atoms with E-state index < -0.39 is 0 Å². The van der Waals surface area contributed by atoms with Crippen molar-refractivity contribution >= 4 is 5.97 Å². The van der Waals surface area contributed by atoms with Gasteiger partial charge in [-0.3, -0.25) is 4.79 Å². The fraction of sp³-hybridized carbons (Fsp3) is 0.778. The predicted molar refractivity (Wildman–Crippen MR) is 48.9 cm³/mol. The van der Waals surface area contributed by atoms with Crippen LogP contribution in [-0.2, 0) is 9.53 Å². The zero-order valence-electron chi connectivity index (χ0n) is 8.17. The van der Waals surface area contributed by atoms with E-state index >= 15 is 0 Å². The Morgan fingerprint density at radius 2 is 2.38 bits per heavy atom. The van der Waals surface area contributed by atoms with Crippen LogP contribution in [-0.4, -0.2) is 25.7 Å². The van der Waals surface area contributed by atoms with Gasteiger partial charge in [0.15, 0.2) is 0 Å². The standard InChI is InChI=1S/C9H16N2O2/c1-3-13-9(12)4-5-11-7-8(2)6-10/h8,11H,3-5,7H2,1-2H3. The van der Waals surface area contributed by atoms with Crippen LogP contribution >= 0.6 is 0 Å². The summed E-state index contributed by atoms with van der Waals surface area (Å²) in [5, 5.41) is 11.4. The lowest BCUT2D eigenvalue weighted by Gasteiger charge is -2.04. The Labute approximate surface area is 78.9 Å². The summed E-state index contributed by atoms with van der Waals surface area (Å²) in [6.07, 6.45) is 0.367. The Hall–Kier alpha value is -1.08. The molecule has 1 N–H and O–H groups in total. The first kappa shape index (κ1) is 11.9. The second kappa shape index (κ2) is 7.56. The molecular formula is C9H16N2O2. The molecule has 0 aromatic rings. The highest BCUT2D eigenvalue weighted by Crippen LogP contribution is 1.89. The number of carbonyl (C=O) groups excluding carboxylic acids is 1. The van der Waals surface area contributed by atoms with Gasteiger partial charge >= 0.3 is 5.97 Å². The normalized spacial score (nSPS) is 11.8. The molecule has 0 spiro atoms. The average molecular weight is 184 g/mol. The van der Waals surface area contributed by atoms with Crippen molar-refractivity contribution in [2.75, 3.05) is 19.7 Å². The number of carbonyl (C=O) groups is 1. The Morgan fingerprint density at radius 3 is 2.92 bits per heavy atom. The summed E-state index contributed by atoms with van der Waals surface area (Å²) < 4.78 is 4.73. The summed E-state index contributed by atoms with van der Waals surface area (Å²) in [5.74, 6) is -0.207. The third kappa shape index (κ3) is 7.29. The van der Waals surface area contributed by atoms with E-state index in [0.717, 1.165) is 0 Å². The lowest BCUT2D eigenvalue weighted by atomic mass is 10.2. The molecule has 0 radical (unpaired) electrons. The number of ether oxygens (including phenoxy) is 1. The zero-order valence-corrected chi connectivity index (χ0v) is 8.17. The van der Waals surface area contributed by atoms with Gasteiger partial charge in [0.25, 0.3) is 0 Å². The average Bonchev–Trinajstić information content (AvgIpc) is 2.12. The number of hydrogen-bond acceptors (Lipinski definition) is 4. The number of hydrogen-bond donors (Lipinski definition) is 1. The van der Waals surface area contributed by atoms with E-state index in [2.05, 4.69) is 11.4 Å². The van der Waals surface area contributed by atoms with Gasteiger partial charge < -0.3 is 10.1 Å². The molecule has 0 saturated carbocycles. The molecule has 4 heteroatoms. The van der Waals surface area contributed by atoms with E-state index in [1.165, 1.54) is 0 Å². The highest BCUT2D eigenvalue weighted by atomic mass is 16.5. The van der Waals surface area contributed by atoms with Gasteiger partial charge in [0.05, 0.1) is 25.0 Å². The van der Waals surface area contributed by atoms with Crippen LogP contribution in [0.1, 0.15) is 20.3 Å². The molecular weight excluding hydrogens is 168 g/mol. The molecule has 0 aliphatic carbocycles. The second-order valence-electron chi connectivity index (χ2n) is 2.79.